The maximum Gasteiger partial charge on any atom is 0.350 e. The number of nitrogens with zero attached hydrogens (tertiary/aromatic N) is 4. The molecule has 1 aliphatic heterocycles. The smallest absolute Gasteiger partial charge is 0.294 e. The molecule has 0 spiro atoms. The molecule has 2 heterocycles. The summed E-state index contributed by atoms with van der Waals surface area (Å²) in [4.78, 5) is 14.9. The van der Waals surface area contributed by atoms with Crippen LogP contribution in [0.5, 0.6) is 0 Å². The Hall–Kier alpha value is -1.59. The van der Waals surface area contributed by atoms with E-state index in [0.29, 0.717) is 5.02 Å². The van der Waals surface area contributed by atoms with Gasteiger partial charge in [-0.2, -0.15) is 4.68 Å². The molecule has 0 unspecified atom stereocenters. The number of halogens is 1. The number of hydrogen-bond acceptors (Lipinski definition) is 3. The Kier molecular flexibility index (Phi) is 3.12. The second-order valence-corrected chi connectivity index (χ2v) is 6.35. The quantitative estimate of drug-likeness (QED) is 0.870. The summed E-state index contributed by atoms with van der Waals surface area (Å²) in [6.45, 7) is 3.58. The Balaban J connectivity index is 1.64. The molecule has 0 amide bonds. The molecule has 1 fully saturated rings. The van der Waals surface area contributed by atoms with E-state index in [4.69, 9.17) is 11.6 Å². The summed E-state index contributed by atoms with van der Waals surface area (Å²) < 4.78 is 3.27. The van der Waals surface area contributed by atoms with Crippen molar-refractivity contribution < 1.29 is 0 Å². The molecule has 0 bridgehead atoms. The van der Waals surface area contributed by atoms with Gasteiger partial charge in [-0.25, -0.2) is 4.79 Å². The molecule has 0 atom stereocenters. The molecule has 0 radical (unpaired) electrons. The summed E-state index contributed by atoms with van der Waals surface area (Å²) in [5, 5.41) is 5.17. The predicted octanol–water partition coefficient (Wildman–Crippen LogP) is 1.91. The maximum atomic E-state index is 12.5. The van der Waals surface area contributed by atoms with E-state index in [1.165, 1.54) is 17.5 Å². The number of hydrogen-bond donors (Lipinski definition) is 0. The van der Waals surface area contributed by atoms with Crippen LogP contribution in [0.15, 0.2) is 29.1 Å². The minimum absolute atomic E-state index is 0.0570. The van der Waals surface area contributed by atoms with Crippen LogP contribution in [0.1, 0.15) is 18.7 Å². The minimum Gasteiger partial charge on any atom is -0.294 e. The first kappa shape index (κ1) is 13.1. The summed E-state index contributed by atoms with van der Waals surface area (Å²) in [6.07, 6.45) is 2.70. The number of fused-ring (bicyclic) bond motifs is 1. The van der Waals surface area contributed by atoms with Gasteiger partial charge >= 0.3 is 5.69 Å². The lowest BCUT2D eigenvalue weighted by molar-refractivity contribution is 0.207. The highest BCUT2D eigenvalue weighted by molar-refractivity contribution is 6.30. The first-order chi connectivity index (χ1) is 10.2. The zero-order chi connectivity index (χ0) is 14.4. The third kappa shape index (κ3) is 2.51. The lowest BCUT2D eigenvalue weighted by Gasteiger charge is -2.26. The van der Waals surface area contributed by atoms with Gasteiger partial charge in [0.15, 0.2) is 0 Å². The van der Waals surface area contributed by atoms with E-state index in [2.05, 4.69) is 10.00 Å². The highest BCUT2D eigenvalue weighted by Crippen LogP contribution is 2.30. The summed E-state index contributed by atoms with van der Waals surface area (Å²) >= 11 is 5.89. The van der Waals surface area contributed by atoms with E-state index >= 15 is 0 Å². The van der Waals surface area contributed by atoms with E-state index < -0.39 is 0 Å². The Morgan fingerprint density at radius 1 is 1.19 bits per heavy atom. The number of aromatic nitrogens is 3. The average Bonchev–Trinajstić information content (AvgIpc) is 3.23. The van der Waals surface area contributed by atoms with Crippen LogP contribution < -0.4 is 5.69 Å². The minimum atomic E-state index is -0.0570. The first-order valence-electron chi connectivity index (χ1n) is 7.38. The standard InChI is InChI=1S/C15H17ClN4O/c16-12-3-5-13(6-4-12)20-15(21)19-8-7-18(9-11-1-2-11)10-14(19)17-20/h3-6,11H,1-2,7-10H2. The van der Waals surface area contributed by atoms with Crippen molar-refractivity contribution in [1.29, 1.82) is 0 Å². The van der Waals surface area contributed by atoms with Crippen LogP contribution in [0.2, 0.25) is 5.02 Å². The van der Waals surface area contributed by atoms with Gasteiger partial charge in [0.25, 0.3) is 0 Å². The van der Waals surface area contributed by atoms with Crippen LogP contribution in [0.4, 0.5) is 0 Å². The van der Waals surface area contributed by atoms with Gasteiger partial charge in [0.05, 0.1) is 12.2 Å². The third-order valence-corrected chi connectivity index (χ3v) is 4.48. The van der Waals surface area contributed by atoms with Gasteiger partial charge in [-0.3, -0.25) is 9.47 Å². The van der Waals surface area contributed by atoms with Crippen molar-refractivity contribution in [2.24, 2.45) is 5.92 Å². The first-order valence-corrected chi connectivity index (χ1v) is 7.75. The van der Waals surface area contributed by atoms with Crippen LogP contribution in [-0.2, 0) is 13.1 Å². The largest absolute Gasteiger partial charge is 0.350 e. The van der Waals surface area contributed by atoms with Crippen LogP contribution in [0.3, 0.4) is 0 Å². The predicted molar refractivity (Wildman–Crippen MR) is 80.8 cm³/mol. The highest BCUT2D eigenvalue weighted by Gasteiger charge is 2.28. The van der Waals surface area contributed by atoms with Gasteiger partial charge in [0.2, 0.25) is 0 Å². The van der Waals surface area contributed by atoms with Gasteiger partial charge in [-0.05, 0) is 43.0 Å². The van der Waals surface area contributed by atoms with Crippen molar-refractivity contribution in [3.63, 3.8) is 0 Å². The molecular formula is C15H17ClN4O. The topological polar surface area (TPSA) is 43.1 Å². The molecule has 21 heavy (non-hydrogen) atoms. The van der Waals surface area contributed by atoms with Gasteiger partial charge in [0, 0.05) is 24.7 Å². The molecule has 6 heteroatoms. The van der Waals surface area contributed by atoms with E-state index in [0.717, 1.165) is 43.6 Å². The van der Waals surface area contributed by atoms with Crippen molar-refractivity contribution in [3.8, 4) is 5.69 Å². The Morgan fingerprint density at radius 3 is 2.67 bits per heavy atom. The van der Waals surface area contributed by atoms with Crippen molar-refractivity contribution in [2.45, 2.75) is 25.9 Å². The van der Waals surface area contributed by atoms with Crippen LogP contribution in [0, 0.1) is 5.92 Å². The summed E-state index contributed by atoms with van der Waals surface area (Å²) in [6, 6.07) is 7.21. The monoisotopic (exact) mass is 304 g/mol. The van der Waals surface area contributed by atoms with E-state index in [1.54, 1.807) is 16.7 Å². The zero-order valence-electron chi connectivity index (χ0n) is 11.7. The molecule has 1 aromatic carbocycles. The molecule has 5 nitrogen and oxygen atoms in total. The normalized spacial score (nSPS) is 18.7. The molecule has 0 N–H and O–H groups in total. The summed E-state index contributed by atoms with van der Waals surface area (Å²) in [5.41, 5.74) is 0.707. The van der Waals surface area contributed by atoms with E-state index in [-0.39, 0.29) is 5.69 Å². The summed E-state index contributed by atoms with van der Waals surface area (Å²) in [5.74, 6) is 1.73. The van der Waals surface area contributed by atoms with Crippen molar-refractivity contribution in [3.05, 3.63) is 45.6 Å². The van der Waals surface area contributed by atoms with Crippen LogP contribution in [0.25, 0.3) is 5.69 Å². The lowest BCUT2D eigenvalue weighted by Crippen LogP contribution is -2.38. The highest BCUT2D eigenvalue weighted by atomic mass is 35.5. The molecule has 0 saturated heterocycles. The van der Waals surface area contributed by atoms with E-state index in [1.807, 2.05) is 12.1 Å². The van der Waals surface area contributed by atoms with Crippen molar-refractivity contribution in [2.75, 3.05) is 13.1 Å². The molecule has 110 valence electrons. The fourth-order valence-electron chi connectivity index (χ4n) is 2.87. The SMILES string of the molecule is O=c1n(-c2ccc(Cl)cc2)nc2n1CCN(CC1CC1)C2. The van der Waals surface area contributed by atoms with Crippen LogP contribution in [-0.4, -0.2) is 32.3 Å². The number of benzene rings is 1. The third-order valence-electron chi connectivity index (χ3n) is 4.23. The Labute approximate surface area is 127 Å². The lowest BCUT2D eigenvalue weighted by atomic mass is 10.3. The Bertz CT molecular complexity index is 714. The van der Waals surface area contributed by atoms with Gasteiger partial charge < -0.3 is 0 Å². The maximum absolute atomic E-state index is 12.5. The fourth-order valence-corrected chi connectivity index (χ4v) is 3.00. The molecule has 4 rings (SSSR count). The van der Waals surface area contributed by atoms with Crippen LogP contribution >= 0.6 is 11.6 Å². The van der Waals surface area contributed by atoms with Gasteiger partial charge in [0.1, 0.15) is 5.82 Å². The second-order valence-electron chi connectivity index (χ2n) is 5.92. The average molecular weight is 305 g/mol. The van der Waals surface area contributed by atoms with Crippen molar-refractivity contribution >= 4 is 11.6 Å². The molecule has 2 aromatic rings. The molecule has 2 aliphatic rings. The molecule has 1 saturated carbocycles. The number of rotatable bonds is 3. The molecule has 1 aliphatic carbocycles. The Morgan fingerprint density at radius 2 is 1.95 bits per heavy atom. The molecule has 1 aromatic heterocycles. The zero-order valence-corrected chi connectivity index (χ0v) is 12.5. The van der Waals surface area contributed by atoms with Crippen molar-refractivity contribution in [1.82, 2.24) is 19.2 Å². The fraction of sp³-hybridized carbons (Fsp3) is 0.467. The molecular weight excluding hydrogens is 288 g/mol. The van der Waals surface area contributed by atoms with Gasteiger partial charge in [-0.1, -0.05) is 11.6 Å². The summed E-state index contributed by atoms with van der Waals surface area (Å²) in [7, 11) is 0. The van der Waals surface area contributed by atoms with Gasteiger partial charge in [-0.15, -0.1) is 5.10 Å². The second kappa shape index (κ2) is 5.00. The van der Waals surface area contributed by atoms with E-state index in [9.17, 15) is 4.79 Å².